The van der Waals surface area contributed by atoms with Crippen LogP contribution in [0.1, 0.15) is 21.7 Å². The fraction of sp³-hybridized carbons (Fsp3) is 0.130. The summed E-state index contributed by atoms with van der Waals surface area (Å²) in [6.07, 6.45) is 1.44. The third-order valence-corrected chi connectivity index (χ3v) is 4.76. The molecule has 2 aromatic carbocycles. The lowest BCUT2D eigenvalue weighted by atomic mass is 10.1. The third-order valence-electron chi connectivity index (χ3n) is 4.76. The van der Waals surface area contributed by atoms with E-state index in [-0.39, 0.29) is 23.8 Å². The van der Waals surface area contributed by atoms with Crippen molar-refractivity contribution in [3.63, 3.8) is 0 Å². The van der Waals surface area contributed by atoms with Crippen LogP contribution in [-0.4, -0.2) is 18.0 Å². The van der Waals surface area contributed by atoms with Gasteiger partial charge in [0.2, 0.25) is 0 Å². The molecular formula is C23H20N2O4. The SMILES string of the molecule is COc1ccccc1N(Cc1cc2ccc(C)cc2[nH]c1=O)C(=O)c1ccco1. The molecule has 0 bridgehead atoms. The lowest BCUT2D eigenvalue weighted by molar-refractivity contribution is 0.0957. The second kappa shape index (κ2) is 7.67. The number of amides is 1. The number of carbonyl (C=O) groups is 1. The highest BCUT2D eigenvalue weighted by molar-refractivity contribution is 6.05. The van der Waals surface area contributed by atoms with Crippen molar-refractivity contribution in [2.45, 2.75) is 13.5 Å². The summed E-state index contributed by atoms with van der Waals surface area (Å²) in [6.45, 7) is 2.04. The summed E-state index contributed by atoms with van der Waals surface area (Å²) >= 11 is 0. The number of aromatic amines is 1. The maximum absolute atomic E-state index is 13.2. The van der Waals surface area contributed by atoms with E-state index in [1.54, 1.807) is 31.4 Å². The molecule has 6 nitrogen and oxygen atoms in total. The second-order valence-electron chi connectivity index (χ2n) is 6.75. The number of hydrogen-bond acceptors (Lipinski definition) is 4. The molecule has 0 saturated heterocycles. The highest BCUT2D eigenvalue weighted by atomic mass is 16.5. The van der Waals surface area contributed by atoms with Crippen LogP contribution in [0.5, 0.6) is 5.75 Å². The zero-order chi connectivity index (χ0) is 20.4. The molecule has 1 N–H and O–H groups in total. The van der Waals surface area contributed by atoms with Gasteiger partial charge in [0, 0.05) is 11.1 Å². The normalized spacial score (nSPS) is 10.8. The van der Waals surface area contributed by atoms with E-state index in [4.69, 9.17) is 9.15 Å². The van der Waals surface area contributed by atoms with Gasteiger partial charge in [-0.05, 0) is 54.3 Å². The first-order chi connectivity index (χ1) is 14.1. The van der Waals surface area contributed by atoms with Gasteiger partial charge in [0.05, 0.1) is 25.6 Å². The van der Waals surface area contributed by atoms with Crippen molar-refractivity contribution in [3.05, 3.63) is 94.2 Å². The minimum absolute atomic E-state index is 0.0685. The van der Waals surface area contributed by atoms with Gasteiger partial charge < -0.3 is 14.1 Å². The molecule has 0 spiro atoms. The molecule has 2 heterocycles. The molecule has 146 valence electrons. The lowest BCUT2D eigenvalue weighted by Gasteiger charge is -2.23. The van der Waals surface area contributed by atoms with Gasteiger partial charge in [0.15, 0.2) is 5.76 Å². The molecule has 1 amide bonds. The Balaban J connectivity index is 1.81. The van der Waals surface area contributed by atoms with E-state index in [0.717, 1.165) is 16.5 Å². The summed E-state index contributed by atoms with van der Waals surface area (Å²) in [5, 5.41) is 0.899. The van der Waals surface area contributed by atoms with Gasteiger partial charge in [0.1, 0.15) is 5.75 Å². The highest BCUT2D eigenvalue weighted by Crippen LogP contribution is 2.30. The molecule has 0 saturated carbocycles. The predicted molar refractivity (Wildman–Crippen MR) is 112 cm³/mol. The molecule has 0 aliphatic rings. The molecule has 0 radical (unpaired) electrons. The number of anilines is 1. The van der Waals surface area contributed by atoms with E-state index in [0.29, 0.717) is 17.0 Å². The largest absolute Gasteiger partial charge is 0.495 e. The Morgan fingerprint density at radius 3 is 2.69 bits per heavy atom. The van der Waals surface area contributed by atoms with Crippen molar-refractivity contribution < 1.29 is 13.9 Å². The molecule has 0 atom stereocenters. The molecule has 2 aromatic heterocycles. The van der Waals surface area contributed by atoms with Crippen molar-refractivity contribution in [2.24, 2.45) is 0 Å². The Labute approximate surface area is 167 Å². The van der Waals surface area contributed by atoms with E-state index < -0.39 is 0 Å². The van der Waals surface area contributed by atoms with Crippen LogP contribution in [0.25, 0.3) is 10.9 Å². The topological polar surface area (TPSA) is 75.5 Å². The number of para-hydroxylation sites is 2. The molecule has 4 aromatic rings. The molecule has 0 aliphatic carbocycles. The Bertz CT molecular complexity index is 1230. The van der Waals surface area contributed by atoms with Crippen molar-refractivity contribution in [1.82, 2.24) is 4.98 Å². The standard InChI is InChI=1S/C23H20N2O4/c1-15-9-10-16-13-17(22(26)24-18(16)12-15)14-25(23(27)21-8-5-11-29-21)19-6-3-4-7-20(19)28-2/h3-13H,14H2,1-2H3,(H,24,26). The number of nitrogens with zero attached hydrogens (tertiary/aromatic N) is 1. The zero-order valence-corrected chi connectivity index (χ0v) is 16.1. The van der Waals surface area contributed by atoms with Gasteiger partial charge in [0.25, 0.3) is 11.5 Å². The van der Waals surface area contributed by atoms with E-state index >= 15 is 0 Å². The minimum atomic E-state index is -0.358. The number of rotatable bonds is 5. The number of hydrogen-bond donors (Lipinski definition) is 1. The van der Waals surface area contributed by atoms with Crippen molar-refractivity contribution in [2.75, 3.05) is 12.0 Å². The molecule has 0 unspecified atom stereocenters. The van der Waals surface area contributed by atoms with E-state index in [9.17, 15) is 9.59 Å². The van der Waals surface area contributed by atoms with Crippen LogP contribution in [0, 0.1) is 6.92 Å². The first-order valence-corrected chi connectivity index (χ1v) is 9.18. The second-order valence-corrected chi connectivity index (χ2v) is 6.75. The summed E-state index contributed by atoms with van der Waals surface area (Å²) in [5.74, 6) is 0.354. The van der Waals surface area contributed by atoms with E-state index in [2.05, 4.69) is 4.98 Å². The molecule has 29 heavy (non-hydrogen) atoms. The minimum Gasteiger partial charge on any atom is -0.495 e. The Kier molecular flexibility index (Phi) is 4.91. The summed E-state index contributed by atoms with van der Waals surface area (Å²) in [6, 6.07) is 18.1. The van der Waals surface area contributed by atoms with Crippen LogP contribution >= 0.6 is 0 Å². The number of ether oxygens (including phenoxy) is 1. The number of fused-ring (bicyclic) bond motifs is 1. The molecular weight excluding hydrogens is 368 g/mol. The molecule has 6 heteroatoms. The number of methoxy groups -OCH3 is 1. The lowest BCUT2D eigenvalue weighted by Crippen LogP contribution is -2.33. The van der Waals surface area contributed by atoms with Crippen LogP contribution in [0.4, 0.5) is 5.69 Å². The number of H-pyrrole nitrogens is 1. The van der Waals surface area contributed by atoms with Crippen molar-refractivity contribution in [1.29, 1.82) is 0 Å². The van der Waals surface area contributed by atoms with Gasteiger partial charge in [-0.3, -0.25) is 14.5 Å². The number of pyridine rings is 1. The smallest absolute Gasteiger partial charge is 0.294 e. The molecule has 4 rings (SSSR count). The average Bonchev–Trinajstić information content (AvgIpc) is 3.27. The van der Waals surface area contributed by atoms with E-state index in [1.807, 2.05) is 43.3 Å². The van der Waals surface area contributed by atoms with Crippen LogP contribution < -0.4 is 15.2 Å². The Hall–Kier alpha value is -3.80. The highest BCUT2D eigenvalue weighted by Gasteiger charge is 2.24. The van der Waals surface area contributed by atoms with Crippen LogP contribution in [-0.2, 0) is 6.54 Å². The summed E-state index contributed by atoms with van der Waals surface area (Å²) in [4.78, 5) is 30.3. The van der Waals surface area contributed by atoms with Gasteiger partial charge >= 0.3 is 0 Å². The van der Waals surface area contributed by atoms with E-state index in [1.165, 1.54) is 11.2 Å². The van der Waals surface area contributed by atoms with Gasteiger partial charge in [-0.25, -0.2) is 0 Å². The van der Waals surface area contributed by atoms with Crippen LogP contribution in [0.15, 0.2) is 76.1 Å². The summed E-state index contributed by atoms with van der Waals surface area (Å²) in [5.41, 5.74) is 2.60. The predicted octanol–water partition coefficient (Wildman–Crippen LogP) is 4.29. The van der Waals surface area contributed by atoms with Gasteiger partial charge in [-0.2, -0.15) is 0 Å². The average molecular weight is 388 g/mol. The Morgan fingerprint density at radius 2 is 1.93 bits per heavy atom. The first-order valence-electron chi connectivity index (χ1n) is 9.18. The maximum Gasteiger partial charge on any atom is 0.294 e. The van der Waals surface area contributed by atoms with Crippen molar-refractivity contribution in [3.8, 4) is 5.75 Å². The van der Waals surface area contributed by atoms with Crippen LogP contribution in [0.3, 0.4) is 0 Å². The number of nitrogens with one attached hydrogen (secondary N) is 1. The first kappa shape index (κ1) is 18.6. The number of carbonyl (C=O) groups excluding carboxylic acids is 1. The Morgan fingerprint density at radius 1 is 1.10 bits per heavy atom. The fourth-order valence-corrected chi connectivity index (χ4v) is 3.30. The quantitative estimate of drug-likeness (QED) is 0.554. The fourth-order valence-electron chi connectivity index (χ4n) is 3.30. The number of aryl methyl sites for hydroxylation is 1. The maximum atomic E-state index is 13.2. The molecule has 0 fully saturated rings. The monoisotopic (exact) mass is 388 g/mol. The van der Waals surface area contributed by atoms with Gasteiger partial charge in [-0.1, -0.05) is 24.3 Å². The van der Waals surface area contributed by atoms with Crippen molar-refractivity contribution >= 4 is 22.5 Å². The summed E-state index contributed by atoms with van der Waals surface area (Å²) in [7, 11) is 1.54. The number of aromatic nitrogens is 1. The van der Waals surface area contributed by atoms with Gasteiger partial charge in [-0.15, -0.1) is 0 Å². The molecule has 0 aliphatic heterocycles. The number of benzene rings is 2. The number of furan rings is 1. The zero-order valence-electron chi connectivity index (χ0n) is 16.1. The third kappa shape index (κ3) is 3.65. The van der Waals surface area contributed by atoms with Crippen LogP contribution in [0.2, 0.25) is 0 Å². The summed E-state index contributed by atoms with van der Waals surface area (Å²) < 4.78 is 10.7.